The topological polar surface area (TPSA) is 99.5 Å². The van der Waals surface area contributed by atoms with Crippen LogP contribution < -0.4 is 15.5 Å². The number of nitrogens with one attached hydrogen (secondary N) is 2. The summed E-state index contributed by atoms with van der Waals surface area (Å²) in [7, 11) is 0. The van der Waals surface area contributed by atoms with Crippen molar-refractivity contribution < 1.29 is 23.5 Å². The fourth-order valence-electron chi connectivity index (χ4n) is 4.88. The molecule has 1 saturated carbocycles. The van der Waals surface area contributed by atoms with Crippen LogP contribution in [-0.2, 0) is 4.79 Å². The number of aliphatic hydroxyl groups is 1. The second kappa shape index (κ2) is 11.7. The maximum atomic E-state index is 13.1. The highest BCUT2D eigenvalue weighted by molar-refractivity contribution is 6.05. The summed E-state index contributed by atoms with van der Waals surface area (Å²) >= 11 is 0. The molecule has 41 heavy (non-hydrogen) atoms. The summed E-state index contributed by atoms with van der Waals surface area (Å²) < 4.78 is 28.0. The zero-order chi connectivity index (χ0) is 29.1. The number of nitrogens with zero attached hydrogens (tertiary/aromatic N) is 3. The van der Waals surface area contributed by atoms with Crippen molar-refractivity contribution in [3.8, 4) is 5.69 Å². The van der Waals surface area contributed by atoms with Crippen LogP contribution in [0.3, 0.4) is 0 Å². The van der Waals surface area contributed by atoms with E-state index < -0.39 is 24.2 Å². The lowest BCUT2D eigenvalue weighted by atomic mass is 10.1. The van der Waals surface area contributed by atoms with Crippen LogP contribution in [0.25, 0.3) is 16.6 Å². The number of aromatic nitrogens is 2. The van der Waals surface area contributed by atoms with Crippen LogP contribution >= 0.6 is 0 Å². The molecular weight excluding hydrogens is 528 g/mol. The molecular formula is C31H33F2N5O3. The van der Waals surface area contributed by atoms with Crippen molar-refractivity contribution in [2.24, 2.45) is 5.92 Å². The molecule has 3 N–H and O–H groups in total. The molecule has 2 heterocycles. The van der Waals surface area contributed by atoms with Gasteiger partial charge in [-0.15, -0.1) is 0 Å². The second-order valence-corrected chi connectivity index (χ2v) is 10.1. The first-order valence-corrected chi connectivity index (χ1v) is 13.9. The van der Waals surface area contributed by atoms with E-state index >= 15 is 0 Å². The maximum Gasteiger partial charge on any atom is 0.260 e. The summed E-state index contributed by atoms with van der Waals surface area (Å²) in [6.07, 6.45) is 2.54. The Kier molecular flexibility index (Phi) is 8.03. The predicted octanol–water partition coefficient (Wildman–Crippen LogP) is 5.86. The van der Waals surface area contributed by atoms with E-state index in [-0.39, 0.29) is 12.0 Å². The van der Waals surface area contributed by atoms with Crippen molar-refractivity contribution in [1.29, 1.82) is 0 Å². The van der Waals surface area contributed by atoms with Gasteiger partial charge in [0.25, 0.3) is 11.8 Å². The van der Waals surface area contributed by atoms with E-state index in [9.17, 15) is 23.5 Å². The third kappa shape index (κ3) is 6.22. The van der Waals surface area contributed by atoms with Crippen LogP contribution in [-0.4, -0.2) is 51.8 Å². The van der Waals surface area contributed by atoms with Gasteiger partial charge in [0.2, 0.25) is 5.91 Å². The van der Waals surface area contributed by atoms with Crippen molar-refractivity contribution >= 4 is 39.8 Å². The molecule has 0 radical (unpaired) electrons. The summed E-state index contributed by atoms with van der Waals surface area (Å²) in [5.41, 5.74) is 4.21. The van der Waals surface area contributed by atoms with Gasteiger partial charge in [0.15, 0.2) is 0 Å². The van der Waals surface area contributed by atoms with E-state index in [1.807, 2.05) is 38.1 Å². The standard InChI is InChI=1S/C29H27F2N5O3.C2H6/c30-29(31)16-25(29)28(39)33-20-3-8-23(9-4-20)36-26-10-5-21(15-19(26)17-32-36)34-27(38)18-1-6-22(7-2-18)35-13-11-24(37)12-14-35;1-2/h1-10,15,17,24-25,37H,11-14,16H2,(H,33,39)(H,34,38);1-2H3. The Balaban J connectivity index is 0.00000165. The quantitative estimate of drug-likeness (QED) is 0.274. The second-order valence-electron chi connectivity index (χ2n) is 10.1. The average molecular weight is 562 g/mol. The van der Waals surface area contributed by atoms with Crippen molar-refractivity contribution in [2.45, 2.75) is 45.1 Å². The fourth-order valence-corrected chi connectivity index (χ4v) is 4.88. The van der Waals surface area contributed by atoms with Gasteiger partial charge in [-0.05, 0) is 79.6 Å². The highest BCUT2D eigenvalue weighted by atomic mass is 19.3. The highest BCUT2D eigenvalue weighted by Crippen LogP contribution is 2.49. The Morgan fingerprint density at radius 3 is 2.15 bits per heavy atom. The number of carbonyl (C=O) groups excluding carboxylic acids is 2. The number of hydrogen-bond donors (Lipinski definition) is 3. The minimum absolute atomic E-state index is 0.219. The Labute approximate surface area is 237 Å². The first-order valence-electron chi connectivity index (χ1n) is 13.9. The highest BCUT2D eigenvalue weighted by Gasteiger charge is 2.61. The van der Waals surface area contributed by atoms with E-state index in [1.165, 1.54) is 0 Å². The number of alkyl halides is 2. The summed E-state index contributed by atoms with van der Waals surface area (Å²) in [6.45, 7) is 5.59. The Morgan fingerprint density at radius 2 is 1.51 bits per heavy atom. The number of carbonyl (C=O) groups is 2. The van der Waals surface area contributed by atoms with Crippen LogP contribution in [0.4, 0.5) is 25.8 Å². The van der Waals surface area contributed by atoms with E-state index in [0.717, 1.165) is 48.2 Å². The molecule has 2 fully saturated rings. The first kappa shape index (κ1) is 28.2. The van der Waals surface area contributed by atoms with Crippen LogP contribution in [0.1, 0.15) is 43.5 Å². The number of benzene rings is 3. The fraction of sp³-hybridized carbons (Fsp3) is 0.323. The maximum absolute atomic E-state index is 13.1. The van der Waals surface area contributed by atoms with Gasteiger partial charge in [-0.3, -0.25) is 9.59 Å². The van der Waals surface area contributed by atoms with Crippen molar-refractivity contribution in [3.05, 3.63) is 78.5 Å². The van der Waals surface area contributed by atoms with Gasteiger partial charge < -0.3 is 20.6 Å². The molecule has 8 nitrogen and oxygen atoms in total. The SMILES string of the molecule is CC.O=C(Nc1ccc2c(cnn2-c2ccc(NC(=O)C3CC3(F)F)cc2)c1)c1ccc(N2CCC(O)CC2)cc1. The molecule has 1 atom stereocenters. The molecule has 0 bridgehead atoms. The molecule has 1 unspecified atom stereocenters. The van der Waals surface area contributed by atoms with E-state index in [1.54, 1.807) is 53.3 Å². The zero-order valence-electron chi connectivity index (χ0n) is 23.0. The van der Waals surface area contributed by atoms with E-state index in [0.29, 0.717) is 16.9 Å². The van der Waals surface area contributed by atoms with E-state index in [4.69, 9.17) is 0 Å². The number of halogens is 2. The molecule has 3 aromatic carbocycles. The normalized spacial score (nSPS) is 17.9. The average Bonchev–Trinajstić information content (AvgIpc) is 3.44. The Bertz CT molecular complexity index is 1530. The molecule has 1 aliphatic heterocycles. The lowest BCUT2D eigenvalue weighted by Crippen LogP contribution is -2.35. The van der Waals surface area contributed by atoms with Gasteiger partial charge in [0.1, 0.15) is 5.92 Å². The van der Waals surface area contributed by atoms with Gasteiger partial charge in [-0.2, -0.15) is 5.10 Å². The lowest BCUT2D eigenvalue weighted by Gasteiger charge is -2.31. The molecule has 0 spiro atoms. The predicted molar refractivity (Wildman–Crippen MR) is 156 cm³/mol. The minimum atomic E-state index is -2.90. The summed E-state index contributed by atoms with van der Waals surface area (Å²) in [5, 5.41) is 20.4. The number of fused-ring (bicyclic) bond motifs is 1. The van der Waals surface area contributed by atoms with Crippen LogP contribution in [0.2, 0.25) is 0 Å². The van der Waals surface area contributed by atoms with Gasteiger partial charge in [-0.1, -0.05) is 13.8 Å². The van der Waals surface area contributed by atoms with Gasteiger partial charge in [0.05, 0.1) is 23.5 Å². The lowest BCUT2D eigenvalue weighted by molar-refractivity contribution is -0.119. The van der Waals surface area contributed by atoms with Crippen LogP contribution in [0.5, 0.6) is 0 Å². The number of hydrogen-bond acceptors (Lipinski definition) is 5. The summed E-state index contributed by atoms with van der Waals surface area (Å²) in [6, 6.07) is 19.8. The van der Waals surface area contributed by atoms with Crippen molar-refractivity contribution in [1.82, 2.24) is 9.78 Å². The smallest absolute Gasteiger partial charge is 0.260 e. The van der Waals surface area contributed by atoms with Crippen molar-refractivity contribution in [3.63, 3.8) is 0 Å². The van der Waals surface area contributed by atoms with Gasteiger partial charge >= 0.3 is 0 Å². The Morgan fingerprint density at radius 1 is 0.902 bits per heavy atom. The van der Waals surface area contributed by atoms with E-state index in [2.05, 4.69) is 20.6 Å². The number of piperidine rings is 1. The monoisotopic (exact) mass is 561 g/mol. The van der Waals surface area contributed by atoms with Gasteiger partial charge in [0, 0.05) is 47.5 Å². The number of anilines is 3. The number of rotatable bonds is 6. The molecule has 4 aromatic rings. The molecule has 1 aromatic heterocycles. The molecule has 6 rings (SSSR count). The minimum Gasteiger partial charge on any atom is -0.393 e. The summed E-state index contributed by atoms with van der Waals surface area (Å²) in [4.78, 5) is 27.0. The first-order chi connectivity index (χ1) is 19.8. The largest absolute Gasteiger partial charge is 0.393 e. The molecule has 1 saturated heterocycles. The third-order valence-electron chi connectivity index (χ3n) is 7.31. The van der Waals surface area contributed by atoms with Crippen LogP contribution in [0.15, 0.2) is 72.9 Å². The summed E-state index contributed by atoms with van der Waals surface area (Å²) in [5.74, 6) is -5.05. The molecule has 1 aliphatic carbocycles. The number of amides is 2. The molecule has 2 amide bonds. The third-order valence-corrected chi connectivity index (χ3v) is 7.31. The van der Waals surface area contributed by atoms with Crippen LogP contribution in [0, 0.1) is 5.92 Å². The van der Waals surface area contributed by atoms with Gasteiger partial charge in [-0.25, -0.2) is 13.5 Å². The zero-order valence-corrected chi connectivity index (χ0v) is 23.0. The number of aliphatic hydroxyl groups excluding tert-OH is 1. The molecule has 10 heteroatoms. The van der Waals surface area contributed by atoms with Crippen molar-refractivity contribution in [2.75, 3.05) is 28.6 Å². The molecule has 2 aliphatic rings. The molecule has 214 valence electrons. The Hall–Kier alpha value is -4.31.